The minimum Gasteiger partial charge on any atom is -0.494 e. The number of hydrogen-bond acceptors (Lipinski definition) is 6. The molecule has 7 nitrogen and oxygen atoms in total. The zero-order valence-electron chi connectivity index (χ0n) is 20.5. The first-order valence-corrected chi connectivity index (χ1v) is 12.3. The van der Waals surface area contributed by atoms with Crippen LogP contribution in [0, 0.1) is 0 Å². The fraction of sp³-hybridized carbons (Fsp3) is 0.233. The monoisotopic (exact) mass is 496 g/mol. The van der Waals surface area contributed by atoms with Crippen LogP contribution >= 0.6 is 0 Å². The Kier molecular flexibility index (Phi) is 6.88. The third-order valence-electron chi connectivity index (χ3n) is 6.52. The highest BCUT2D eigenvalue weighted by atomic mass is 16.5. The zero-order valence-corrected chi connectivity index (χ0v) is 20.5. The average molecular weight is 497 g/mol. The molecule has 0 saturated carbocycles. The second-order valence-corrected chi connectivity index (χ2v) is 9.02. The Morgan fingerprint density at radius 1 is 1.08 bits per heavy atom. The van der Waals surface area contributed by atoms with E-state index in [1.54, 1.807) is 24.3 Å². The standard InChI is InChI=1S/C30H28N2O5/c1-21(34)32-26-13-6-5-12-25(26)27-30(29(32)35,18-7-11-22-9-3-2-4-10-22)31-28(37-27)23-14-16-24(17-15-23)36-20-8-19-33/h2-7,9-17,27,33H,8,18-20H2,1H3/b11-7+/t27-,30-/m0/s1. The van der Waals surface area contributed by atoms with Crippen molar-refractivity contribution in [3.8, 4) is 5.75 Å². The van der Waals surface area contributed by atoms with Gasteiger partial charge < -0.3 is 14.6 Å². The molecule has 2 aliphatic heterocycles. The molecule has 3 aromatic rings. The molecule has 0 fully saturated rings. The van der Waals surface area contributed by atoms with Gasteiger partial charge in [-0.2, -0.15) is 0 Å². The first kappa shape index (κ1) is 24.5. The summed E-state index contributed by atoms with van der Waals surface area (Å²) in [6, 6.07) is 24.4. The maximum atomic E-state index is 14.0. The fourth-order valence-electron chi connectivity index (χ4n) is 4.74. The molecule has 1 N–H and O–H groups in total. The maximum absolute atomic E-state index is 14.0. The number of hydrogen-bond donors (Lipinski definition) is 1. The largest absolute Gasteiger partial charge is 0.494 e. The van der Waals surface area contributed by atoms with E-state index in [1.807, 2.05) is 66.7 Å². The van der Waals surface area contributed by atoms with E-state index in [9.17, 15) is 9.59 Å². The topological polar surface area (TPSA) is 88.4 Å². The van der Waals surface area contributed by atoms with E-state index in [4.69, 9.17) is 19.6 Å². The second kappa shape index (κ2) is 10.4. The van der Waals surface area contributed by atoms with Gasteiger partial charge in [-0.1, -0.05) is 60.7 Å². The number of ether oxygens (including phenoxy) is 2. The normalized spacial score (nSPS) is 20.3. The number of carbonyl (C=O) groups is 2. The number of anilines is 1. The van der Waals surface area contributed by atoms with Crippen LogP contribution in [0.25, 0.3) is 6.08 Å². The van der Waals surface area contributed by atoms with E-state index >= 15 is 0 Å². The van der Waals surface area contributed by atoms with Crippen molar-refractivity contribution in [3.05, 3.63) is 102 Å². The maximum Gasteiger partial charge on any atom is 0.266 e. The van der Waals surface area contributed by atoms with Crippen LogP contribution in [0.2, 0.25) is 0 Å². The molecule has 0 aromatic heterocycles. The molecule has 37 heavy (non-hydrogen) atoms. The van der Waals surface area contributed by atoms with Crippen molar-refractivity contribution >= 4 is 29.5 Å². The SMILES string of the molecule is CC(=O)N1C(=O)[C@@]2(C/C=C/c3ccccc3)N=C(c3ccc(OCCCO)cc3)O[C@H]2c2ccccc21. The molecule has 0 saturated heterocycles. The summed E-state index contributed by atoms with van der Waals surface area (Å²) in [5.74, 6) is 0.238. The highest BCUT2D eigenvalue weighted by molar-refractivity contribution is 6.21. The third kappa shape index (κ3) is 4.66. The minimum atomic E-state index is -1.32. The molecular formula is C30H28N2O5. The molecule has 0 aliphatic carbocycles. The van der Waals surface area contributed by atoms with Gasteiger partial charge in [0.1, 0.15) is 5.75 Å². The van der Waals surface area contributed by atoms with Gasteiger partial charge >= 0.3 is 0 Å². The quantitative estimate of drug-likeness (QED) is 0.457. The highest BCUT2D eigenvalue weighted by Crippen LogP contribution is 2.50. The number of carbonyl (C=O) groups excluding carboxylic acids is 2. The van der Waals surface area contributed by atoms with Crippen molar-refractivity contribution in [1.82, 2.24) is 0 Å². The van der Waals surface area contributed by atoms with Crippen LogP contribution in [0.3, 0.4) is 0 Å². The molecule has 2 aliphatic rings. The van der Waals surface area contributed by atoms with Crippen molar-refractivity contribution < 1.29 is 24.2 Å². The van der Waals surface area contributed by atoms with Gasteiger partial charge in [0.2, 0.25) is 11.8 Å². The molecular weight excluding hydrogens is 468 g/mol. The van der Waals surface area contributed by atoms with Gasteiger partial charge in [-0.05, 0) is 35.9 Å². The molecule has 0 radical (unpaired) electrons. The zero-order chi connectivity index (χ0) is 25.8. The number of imide groups is 1. The third-order valence-corrected chi connectivity index (χ3v) is 6.52. The summed E-state index contributed by atoms with van der Waals surface area (Å²) in [5, 5.41) is 8.96. The number of amides is 2. The summed E-state index contributed by atoms with van der Waals surface area (Å²) in [7, 11) is 0. The number of benzene rings is 3. The van der Waals surface area contributed by atoms with Crippen molar-refractivity contribution in [1.29, 1.82) is 0 Å². The molecule has 5 rings (SSSR count). The number of aliphatic hydroxyl groups is 1. The van der Waals surface area contributed by atoms with E-state index < -0.39 is 17.6 Å². The number of aliphatic imine (C=N–C) groups is 1. The van der Waals surface area contributed by atoms with Gasteiger partial charge in [-0.15, -0.1) is 0 Å². The van der Waals surface area contributed by atoms with Gasteiger partial charge in [0.25, 0.3) is 5.91 Å². The van der Waals surface area contributed by atoms with E-state index in [1.165, 1.54) is 11.8 Å². The number of fused-ring (bicyclic) bond motifs is 3. The van der Waals surface area contributed by atoms with Gasteiger partial charge in [-0.3, -0.25) is 9.59 Å². The van der Waals surface area contributed by atoms with Crippen molar-refractivity contribution in [2.75, 3.05) is 18.1 Å². The summed E-state index contributed by atoms with van der Waals surface area (Å²) in [5.41, 5.74) is 1.65. The molecule has 0 unspecified atom stereocenters. The van der Waals surface area contributed by atoms with Crippen LogP contribution in [-0.4, -0.2) is 41.6 Å². The van der Waals surface area contributed by atoms with Crippen LogP contribution in [0.5, 0.6) is 5.75 Å². The molecule has 0 bridgehead atoms. The van der Waals surface area contributed by atoms with Crippen LogP contribution in [0.15, 0.2) is 89.9 Å². The number of para-hydroxylation sites is 1. The van der Waals surface area contributed by atoms with Crippen LogP contribution in [0.4, 0.5) is 5.69 Å². The number of nitrogens with zero attached hydrogens (tertiary/aromatic N) is 2. The lowest BCUT2D eigenvalue weighted by molar-refractivity contribution is -0.131. The summed E-state index contributed by atoms with van der Waals surface area (Å²) in [4.78, 5) is 32.8. The van der Waals surface area contributed by atoms with Crippen LogP contribution in [-0.2, 0) is 14.3 Å². The molecule has 2 heterocycles. The summed E-state index contributed by atoms with van der Waals surface area (Å²) >= 11 is 0. The van der Waals surface area contributed by atoms with Crippen molar-refractivity contribution in [2.24, 2.45) is 4.99 Å². The lowest BCUT2D eigenvalue weighted by atomic mass is 9.79. The van der Waals surface area contributed by atoms with Crippen LogP contribution in [0.1, 0.15) is 42.6 Å². The summed E-state index contributed by atoms with van der Waals surface area (Å²) < 4.78 is 12.0. The Morgan fingerprint density at radius 2 is 1.81 bits per heavy atom. The van der Waals surface area contributed by atoms with E-state index in [2.05, 4.69) is 0 Å². The van der Waals surface area contributed by atoms with Crippen LogP contribution < -0.4 is 9.64 Å². The first-order chi connectivity index (χ1) is 18.0. The van der Waals surface area contributed by atoms with Gasteiger partial charge in [-0.25, -0.2) is 9.89 Å². The Balaban J connectivity index is 1.54. The highest BCUT2D eigenvalue weighted by Gasteiger charge is 2.58. The van der Waals surface area contributed by atoms with E-state index in [-0.39, 0.29) is 18.9 Å². The van der Waals surface area contributed by atoms with Crippen molar-refractivity contribution in [3.63, 3.8) is 0 Å². The smallest absolute Gasteiger partial charge is 0.266 e. The predicted molar refractivity (Wildman–Crippen MR) is 141 cm³/mol. The lowest BCUT2D eigenvalue weighted by Gasteiger charge is -2.39. The Morgan fingerprint density at radius 3 is 2.54 bits per heavy atom. The van der Waals surface area contributed by atoms with Gasteiger partial charge in [0, 0.05) is 37.5 Å². The molecule has 2 atom stereocenters. The lowest BCUT2D eigenvalue weighted by Crippen LogP contribution is -2.55. The fourth-order valence-corrected chi connectivity index (χ4v) is 4.74. The second-order valence-electron chi connectivity index (χ2n) is 9.02. The first-order valence-electron chi connectivity index (χ1n) is 12.3. The summed E-state index contributed by atoms with van der Waals surface area (Å²) in [6.45, 7) is 1.87. The predicted octanol–water partition coefficient (Wildman–Crippen LogP) is 4.70. The van der Waals surface area contributed by atoms with E-state index in [0.29, 0.717) is 35.9 Å². The molecule has 0 spiro atoms. The Bertz CT molecular complexity index is 1350. The summed E-state index contributed by atoms with van der Waals surface area (Å²) in [6.07, 6.45) is 3.99. The van der Waals surface area contributed by atoms with Crippen molar-refractivity contribution in [2.45, 2.75) is 31.4 Å². The number of aliphatic hydroxyl groups excluding tert-OH is 1. The minimum absolute atomic E-state index is 0.0672. The molecule has 7 heteroatoms. The molecule has 188 valence electrons. The van der Waals surface area contributed by atoms with Gasteiger partial charge in [0.15, 0.2) is 11.6 Å². The average Bonchev–Trinajstić information content (AvgIpc) is 3.31. The molecule has 3 aromatic carbocycles. The number of rotatable bonds is 8. The molecule has 2 amide bonds. The Labute approximate surface area is 215 Å². The van der Waals surface area contributed by atoms with E-state index in [0.717, 1.165) is 11.1 Å². The van der Waals surface area contributed by atoms with Gasteiger partial charge in [0.05, 0.1) is 12.3 Å². The Hall–Kier alpha value is -4.23.